The number of hydrogen-bond donors (Lipinski definition) is 2. The molecule has 21 heavy (non-hydrogen) atoms. The van der Waals surface area contributed by atoms with Gasteiger partial charge in [-0.15, -0.1) is 0 Å². The van der Waals surface area contributed by atoms with E-state index in [2.05, 4.69) is 45.7 Å². The number of imidazole rings is 1. The van der Waals surface area contributed by atoms with Crippen molar-refractivity contribution in [3.8, 4) is 5.69 Å². The van der Waals surface area contributed by atoms with Crippen molar-refractivity contribution in [1.82, 2.24) is 20.2 Å². The van der Waals surface area contributed by atoms with Gasteiger partial charge in [-0.25, -0.2) is 4.98 Å². The third-order valence-electron chi connectivity index (χ3n) is 3.88. The largest absolute Gasteiger partial charge is 0.353 e. The van der Waals surface area contributed by atoms with Crippen molar-refractivity contribution in [1.29, 1.82) is 0 Å². The van der Waals surface area contributed by atoms with Gasteiger partial charge in [0.25, 0.3) is 0 Å². The van der Waals surface area contributed by atoms with Gasteiger partial charge in [0, 0.05) is 32.0 Å². The standard InChI is InChI=1S/C16H21N5/c1-12-9-14(12)20-16(17-2)19-10-13-5-3-4-6-15(13)21-8-7-18-11-21/h3-8,11-12,14H,9-10H2,1-2H3,(H2,17,19,20). The Balaban J connectivity index is 1.67. The molecule has 1 aliphatic rings. The topological polar surface area (TPSA) is 54.2 Å². The van der Waals surface area contributed by atoms with Crippen LogP contribution in [0, 0.1) is 5.92 Å². The van der Waals surface area contributed by atoms with E-state index < -0.39 is 0 Å². The fourth-order valence-corrected chi connectivity index (χ4v) is 2.39. The van der Waals surface area contributed by atoms with Crippen molar-refractivity contribution in [2.75, 3.05) is 7.05 Å². The molecule has 2 N–H and O–H groups in total. The Bertz CT molecular complexity index is 617. The van der Waals surface area contributed by atoms with Crippen molar-refractivity contribution in [2.45, 2.75) is 25.9 Å². The SMILES string of the molecule is CN=C(NCc1ccccc1-n1ccnc1)NC1CC1C. The van der Waals surface area contributed by atoms with Crippen LogP contribution in [-0.4, -0.2) is 28.6 Å². The van der Waals surface area contributed by atoms with Crippen LogP contribution in [0.3, 0.4) is 0 Å². The predicted molar refractivity (Wildman–Crippen MR) is 84.5 cm³/mol. The molecule has 3 rings (SSSR count). The number of aromatic nitrogens is 2. The van der Waals surface area contributed by atoms with Gasteiger partial charge in [0.15, 0.2) is 5.96 Å². The molecule has 1 aliphatic carbocycles. The minimum atomic E-state index is 0.570. The number of nitrogens with zero attached hydrogens (tertiary/aromatic N) is 3. The summed E-state index contributed by atoms with van der Waals surface area (Å²) in [5.74, 6) is 1.62. The lowest BCUT2D eigenvalue weighted by atomic mass is 10.1. The maximum absolute atomic E-state index is 4.29. The number of benzene rings is 1. The monoisotopic (exact) mass is 283 g/mol. The van der Waals surface area contributed by atoms with E-state index in [1.54, 1.807) is 6.20 Å². The van der Waals surface area contributed by atoms with Crippen LogP contribution in [0.15, 0.2) is 48.0 Å². The normalized spacial score (nSPS) is 21.1. The summed E-state index contributed by atoms with van der Waals surface area (Å²) in [4.78, 5) is 8.40. The molecule has 0 radical (unpaired) electrons. The van der Waals surface area contributed by atoms with Gasteiger partial charge in [-0.2, -0.15) is 0 Å². The second-order valence-electron chi connectivity index (χ2n) is 5.49. The molecule has 0 saturated heterocycles. The fraction of sp³-hybridized carbons (Fsp3) is 0.375. The quantitative estimate of drug-likeness (QED) is 0.666. The molecule has 0 bridgehead atoms. The summed E-state index contributed by atoms with van der Waals surface area (Å²) in [7, 11) is 1.81. The lowest BCUT2D eigenvalue weighted by molar-refractivity contribution is 0.761. The minimum Gasteiger partial charge on any atom is -0.353 e. The van der Waals surface area contributed by atoms with Crippen LogP contribution in [0.4, 0.5) is 0 Å². The van der Waals surface area contributed by atoms with Crippen LogP contribution >= 0.6 is 0 Å². The molecule has 0 spiro atoms. The molecule has 1 heterocycles. The van der Waals surface area contributed by atoms with Crippen LogP contribution in [0.5, 0.6) is 0 Å². The van der Waals surface area contributed by atoms with Crippen LogP contribution in [0.1, 0.15) is 18.9 Å². The van der Waals surface area contributed by atoms with Crippen LogP contribution in [-0.2, 0) is 6.54 Å². The highest BCUT2D eigenvalue weighted by molar-refractivity contribution is 5.80. The number of nitrogens with one attached hydrogen (secondary N) is 2. The van der Waals surface area contributed by atoms with E-state index in [4.69, 9.17) is 0 Å². The third kappa shape index (κ3) is 3.24. The maximum atomic E-state index is 4.29. The number of guanidine groups is 1. The lowest BCUT2D eigenvalue weighted by Gasteiger charge is -2.14. The smallest absolute Gasteiger partial charge is 0.191 e. The molecule has 0 amide bonds. The van der Waals surface area contributed by atoms with Crippen molar-refractivity contribution < 1.29 is 0 Å². The van der Waals surface area contributed by atoms with Gasteiger partial charge in [-0.3, -0.25) is 4.99 Å². The van der Waals surface area contributed by atoms with Gasteiger partial charge in [0.05, 0.1) is 12.0 Å². The zero-order valence-electron chi connectivity index (χ0n) is 12.5. The van der Waals surface area contributed by atoms with Gasteiger partial charge < -0.3 is 15.2 Å². The van der Waals surface area contributed by atoms with Gasteiger partial charge in [-0.1, -0.05) is 25.1 Å². The molecule has 1 fully saturated rings. The summed E-state index contributed by atoms with van der Waals surface area (Å²) in [6, 6.07) is 8.88. The van der Waals surface area contributed by atoms with E-state index in [0.29, 0.717) is 6.04 Å². The summed E-state index contributed by atoms with van der Waals surface area (Å²) < 4.78 is 2.02. The first-order chi connectivity index (χ1) is 10.3. The molecular weight excluding hydrogens is 262 g/mol. The number of aliphatic imine (C=N–C) groups is 1. The zero-order chi connectivity index (χ0) is 14.7. The average Bonchev–Trinajstić information content (AvgIpc) is 2.99. The Kier molecular flexibility index (Phi) is 3.90. The maximum Gasteiger partial charge on any atom is 0.191 e. The molecule has 110 valence electrons. The molecule has 0 aliphatic heterocycles. The molecule has 1 aromatic heterocycles. The molecule has 5 nitrogen and oxygen atoms in total. The average molecular weight is 283 g/mol. The molecule has 2 unspecified atom stereocenters. The highest BCUT2D eigenvalue weighted by atomic mass is 15.2. The lowest BCUT2D eigenvalue weighted by Crippen LogP contribution is -2.38. The van der Waals surface area contributed by atoms with Gasteiger partial charge in [0.2, 0.25) is 0 Å². The summed E-state index contributed by atoms with van der Waals surface area (Å²) in [5, 5.41) is 6.82. The highest BCUT2D eigenvalue weighted by Gasteiger charge is 2.33. The molecular formula is C16H21N5. The Morgan fingerprint density at radius 3 is 2.90 bits per heavy atom. The van der Waals surface area contributed by atoms with E-state index in [-0.39, 0.29) is 0 Å². The van der Waals surface area contributed by atoms with Crippen LogP contribution < -0.4 is 10.6 Å². The van der Waals surface area contributed by atoms with E-state index in [0.717, 1.165) is 24.1 Å². The number of rotatable bonds is 4. The minimum absolute atomic E-state index is 0.570. The van der Waals surface area contributed by atoms with Crippen LogP contribution in [0.25, 0.3) is 5.69 Å². The second kappa shape index (κ2) is 5.99. The molecule has 1 saturated carbocycles. The Morgan fingerprint density at radius 1 is 1.43 bits per heavy atom. The summed E-state index contributed by atoms with van der Waals surface area (Å²) in [6.45, 7) is 2.98. The Labute approximate surface area is 125 Å². The zero-order valence-corrected chi connectivity index (χ0v) is 12.5. The van der Waals surface area contributed by atoms with Crippen molar-refractivity contribution in [3.63, 3.8) is 0 Å². The number of hydrogen-bond acceptors (Lipinski definition) is 2. The molecule has 2 atom stereocenters. The first-order valence-corrected chi connectivity index (χ1v) is 7.31. The van der Waals surface area contributed by atoms with E-state index in [1.807, 2.05) is 30.2 Å². The second-order valence-corrected chi connectivity index (χ2v) is 5.49. The summed E-state index contributed by atoms with van der Waals surface area (Å²) >= 11 is 0. The summed E-state index contributed by atoms with van der Waals surface area (Å²) in [5.41, 5.74) is 2.35. The van der Waals surface area contributed by atoms with Crippen LogP contribution in [0.2, 0.25) is 0 Å². The fourth-order valence-electron chi connectivity index (χ4n) is 2.39. The Morgan fingerprint density at radius 2 is 2.24 bits per heavy atom. The van der Waals surface area contributed by atoms with Crippen molar-refractivity contribution in [2.24, 2.45) is 10.9 Å². The van der Waals surface area contributed by atoms with E-state index >= 15 is 0 Å². The molecule has 1 aromatic carbocycles. The van der Waals surface area contributed by atoms with Crippen molar-refractivity contribution in [3.05, 3.63) is 48.5 Å². The third-order valence-corrected chi connectivity index (χ3v) is 3.88. The highest BCUT2D eigenvalue weighted by Crippen LogP contribution is 2.28. The summed E-state index contributed by atoms with van der Waals surface area (Å²) in [6.07, 6.45) is 6.79. The first kappa shape index (κ1) is 13.7. The Hall–Kier alpha value is -2.30. The molecule has 2 aromatic rings. The van der Waals surface area contributed by atoms with E-state index in [1.165, 1.54) is 12.0 Å². The van der Waals surface area contributed by atoms with Crippen molar-refractivity contribution >= 4 is 5.96 Å². The van der Waals surface area contributed by atoms with Gasteiger partial charge in [-0.05, 0) is 24.0 Å². The predicted octanol–water partition coefficient (Wildman–Crippen LogP) is 1.95. The molecule has 5 heteroatoms. The van der Waals surface area contributed by atoms with Gasteiger partial charge >= 0.3 is 0 Å². The van der Waals surface area contributed by atoms with E-state index in [9.17, 15) is 0 Å². The van der Waals surface area contributed by atoms with Gasteiger partial charge in [0.1, 0.15) is 0 Å². The number of para-hydroxylation sites is 1. The first-order valence-electron chi connectivity index (χ1n) is 7.31.